The first kappa shape index (κ1) is 10.2. The second kappa shape index (κ2) is 3.49. The number of halogens is 3. The summed E-state index contributed by atoms with van der Waals surface area (Å²) in [4.78, 5) is 0.396. The Morgan fingerprint density at radius 1 is 1.15 bits per heavy atom. The lowest BCUT2D eigenvalue weighted by molar-refractivity contribution is -0.137. The number of alkyl halides is 3. The van der Waals surface area contributed by atoms with Gasteiger partial charge in [-0.15, -0.1) is 0 Å². The van der Waals surface area contributed by atoms with Crippen LogP contribution < -0.4 is 0 Å². The summed E-state index contributed by atoms with van der Waals surface area (Å²) >= 11 is 0. The van der Waals surface area contributed by atoms with Gasteiger partial charge in [0.15, 0.2) is 0 Å². The molecule has 0 saturated heterocycles. The summed E-state index contributed by atoms with van der Waals surface area (Å²) in [5, 5.41) is 0. The molecule has 1 atom stereocenters. The van der Waals surface area contributed by atoms with E-state index in [-0.39, 0.29) is 0 Å². The van der Waals surface area contributed by atoms with Crippen molar-refractivity contribution in [2.45, 2.75) is 11.1 Å². The van der Waals surface area contributed by atoms with Crippen molar-refractivity contribution >= 4 is 10.8 Å². The molecule has 0 aliphatic rings. The van der Waals surface area contributed by atoms with Crippen LogP contribution in [0.4, 0.5) is 13.2 Å². The first-order valence-electron chi connectivity index (χ1n) is 3.42. The predicted octanol–water partition coefficient (Wildman–Crippen LogP) is 2.44. The van der Waals surface area contributed by atoms with E-state index >= 15 is 0 Å². The van der Waals surface area contributed by atoms with Crippen molar-refractivity contribution in [1.82, 2.24) is 0 Å². The van der Waals surface area contributed by atoms with Gasteiger partial charge in [0, 0.05) is 22.0 Å². The normalized spacial score (nSPS) is 14.2. The Balaban J connectivity index is 3.01. The fraction of sp³-hybridized carbons (Fsp3) is 0.250. The summed E-state index contributed by atoms with van der Waals surface area (Å²) in [6, 6.07) is 4.30. The summed E-state index contributed by atoms with van der Waals surface area (Å²) in [6.07, 6.45) is -2.91. The number of hydrogen-bond donors (Lipinski definition) is 0. The van der Waals surface area contributed by atoms with E-state index in [2.05, 4.69) is 0 Å². The highest BCUT2D eigenvalue weighted by molar-refractivity contribution is 7.84. The van der Waals surface area contributed by atoms with Crippen LogP contribution in [-0.2, 0) is 17.0 Å². The summed E-state index contributed by atoms with van der Waals surface area (Å²) in [5.41, 5.74) is -0.721. The second-order valence-corrected chi connectivity index (χ2v) is 3.86. The molecule has 0 radical (unpaired) electrons. The summed E-state index contributed by atoms with van der Waals surface area (Å²) in [7, 11) is -1.23. The van der Waals surface area contributed by atoms with Gasteiger partial charge in [0.1, 0.15) is 0 Å². The topological polar surface area (TPSA) is 17.1 Å². The average molecular weight is 208 g/mol. The van der Waals surface area contributed by atoms with Gasteiger partial charge in [-0.05, 0) is 24.3 Å². The van der Waals surface area contributed by atoms with Crippen LogP contribution in [0.2, 0.25) is 0 Å². The fourth-order valence-corrected chi connectivity index (χ4v) is 1.35. The molecule has 0 unspecified atom stereocenters. The van der Waals surface area contributed by atoms with E-state index in [1.165, 1.54) is 18.4 Å². The van der Waals surface area contributed by atoms with E-state index in [1.54, 1.807) is 0 Å². The van der Waals surface area contributed by atoms with Crippen LogP contribution in [-0.4, -0.2) is 10.5 Å². The van der Waals surface area contributed by atoms with Gasteiger partial charge >= 0.3 is 6.18 Å². The molecule has 0 aliphatic heterocycles. The Labute approximate surface area is 76.0 Å². The Hall–Kier alpha value is -0.840. The van der Waals surface area contributed by atoms with E-state index in [4.69, 9.17) is 0 Å². The molecule has 0 heterocycles. The Bertz CT molecular complexity index is 315. The smallest absolute Gasteiger partial charge is 0.255 e. The quantitative estimate of drug-likeness (QED) is 0.692. The lowest BCUT2D eigenvalue weighted by Crippen LogP contribution is -2.04. The van der Waals surface area contributed by atoms with Gasteiger partial charge in [0.05, 0.1) is 5.56 Å². The fourth-order valence-electron chi connectivity index (χ4n) is 0.836. The standard InChI is InChI=1S/C8H7F3OS/c1-13(12)7-4-2-6(3-5-7)8(9,10)11/h2-5H,1H3/t13-/m0/s1. The third-order valence-electron chi connectivity index (χ3n) is 1.51. The second-order valence-electron chi connectivity index (χ2n) is 2.48. The SMILES string of the molecule is C[S@](=O)c1ccc(C(F)(F)F)cc1. The summed E-state index contributed by atoms with van der Waals surface area (Å²) < 4.78 is 47.0. The molecular formula is C8H7F3OS. The zero-order chi connectivity index (χ0) is 10.1. The van der Waals surface area contributed by atoms with Gasteiger partial charge in [-0.3, -0.25) is 4.21 Å². The van der Waals surface area contributed by atoms with Crippen LogP contribution in [0.5, 0.6) is 0 Å². The van der Waals surface area contributed by atoms with E-state index < -0.39 is 22.5 Å². The molecule has 0 spiro atoms. The lowest BCUT2D eigenvalue weighted by atomic mass is 10.2. The van der Waals surface area contributed by atoms with Gasteiger partial charge in [-0.2, -0.15) is 13.2 Å². The Kier molecular flexibility index (Phi) is 2.75. The van der Waals surface area contributed by atoms with Crippen molar-refractivity contribution in [3.05, 3.63) is 29.8 Å². The van der Waals surface area contributed by atoms with E-state index in [9.17, 15) is 17.4 Å². The average Bonchev–Trinajstić information content (AvgIpc) is 2.03. The minimum atomic E-state index is -4.33. The molecule has 0 aliphatic carbocycles. The lowest BCUT2D eigenvalue weighted by Gasteiger charge is -2.05. The van der Waals surface area contributed by atoms with Gasteiger partial charge in [-0.1, -0.05) is 0 Å². The first-order chi connectivity index (χ1) is 5.91. The first-order valence-corrected chi connectivity index (χ1v) is 4.98. The van der Waals surface area contributed by atoms with Crippen LogP contribution >= 0.6 is 0 Å². The maximum Gasteiger partial charge on any atom is 0.416 e. The molecular weight excluding hydrogens is 201 g/mol. The molecule has 1 rings (SSSR count). The maximum absolute atomic E-state index is 12.0. The Morgan fingerprint density at radius 2 is 1.62 bits per heavy atom. The predicted molar refractivity (Wildman–Crippen MR) is 43.8 cm³/mol. The zero-order valence-electron chi connectivity index (χ0n) is 6.76. The molecule has 1 aromatic rings. The van der Waals surface area contributed by atoms with Crippen LogP contribution in [0.3, 0.4) is 0 Å². The zero-order valence-corrected chi connectivity index (χ0v) is 7.58. The van der Waals surface area contributed by atoms with Crippen molar-refractivity contribution in [2.24, 2.45) is 0 Å². The molecule has 0 bridgehead atoms. The third kappa shape index (κ3) is 2.55. The number of benzene rings is 1. The minimum absolute atomic E-state index is 0.396. The molecule has 0 fully saturated rings. The highest BCUT2D eigenvalue weighted by Crippen LogP contribution is 2.29. The highest BCUT2D eigenvalue weighted by atomic mass is 32.2. The monoisotopic (exact) mass is 208 g/mol. The minimum Gasteiger partial charge on any atom is -0.255 e. The van der Waals surface area contributed by atoms with Gasteiger partial charge in [0.25, 0.3) is 0 Å². The highest BCUT2D eigenvalue weighted by Gasteiger charge is 2.29. The van der Waals surface area contributed by atoms with Crippen molar-refractivity contribution < 1.29 is 17.4 Å². The molecule has 0 N–H and O–H groups in total. The summed E-state index contributed by atoms with van der Waals surface area (Å²) in [5.74, 6) is 0. The molecule has 13 heavy (non-hydrogen) atoms. The molecule has 1 aromatic carbocycles. The van der Waals surface area contributed by atoms with E-state index in [1.807, 2.05) is 0 Å². The number of hydrogen-bond acceptors (Lipinski definition) is 1. The van der Waals surface area contributed by atoms with Crippen molar-refractivity contribution in [1.29, 1.82) is 0 Å². The van der Waals surface area contributed by atoms with Gasteiger partial charge in [-0.25, -0.2) is 0 Å². The Morgan fingerprint density at radius 3 is 1.92 bits per heavy atom. The molecule has 5 heteroatoms. The van der Waals surface area contributed by atoms with Crippen molar-refractivity contribution in [2.75, 3.05) is 6.26 Å². The molecule has 0 aromatic heterocycles. The third-order valence-corrected chi connectivity index (χ3v) is 2.45. The summed E-state index contributed by atoms with van der Waals surface area (Å²) in [6.45, 7) is 0. The van der Waals surface area contributed by atoms with Crippen LogP contribution in [0.15, 0.2) is 29.2 Å². The molecule has 0 saturated carbocycles. The molecule has 1 nitrogen and oxygen atoms in total. The van der Waals surface area contributed by atoms with E-state index in [0.29, 0.717) is 4.90 Å². The number of rotatable bonds is 1. The van der Waals surface area contributed by atoms with Gasteiger partial charge < -0.3 is 0 Å². The largest absolute Gasteiger partial charge is 0.416 e. The van der Waals surface area contributed by atoms with Crippen LogP contribution in [0, 0.1) is 0 Å². The van der Waals surface area contributed by atoms with Crippen molar-refractivity contribution in [3.63, 3.8) is 0 Å². The van der Waals surface area contributed by atoms with Crippen LogP contribution in [0.25, 0.3) is 0 Å². The molecule has 72 valence electrons. The van der Waals surface area contributed by atoms with Crippen molar-refractivity contribution in [3.8, 4) is 0 Å². The van der Waals surface area contributed by atoms with Gasteiger partial charge in [0.2, 0.25) is 0 Å². The maximum atomic E-state index is 12.0. The van der Waals surface area contributed by atoms with Crippen LogP contribution in [0.1, 0.15) is 5.56 Å². The molecule has 0 amide bonds. The van der Waals surface area contributed by atoms with E-state index in [0.717, 1.165) is 12.1 Å².